The van der Waals surface area contributed by atoms with Gasteiger partial charge in [0.25, 0.3) is 0 Å². The van der Waals surface area contributed by atoms with Crippen molar-refractivity contribution in [3.8, 4) is 5.75 Å². The predicted octanol–water partition coefficient (Wildman–Crippen LogP) is 2.84. The number of ether oxygens (including phenoxy) is 2. The van der Waals surface area contributed by atoms with Gasteiger partial charge in [0.15, 0.2) is 17.4 Å². The van der Waals surface area contributed by atoms with Crippen LogP contribution in [0.5, 0.6) is 5.75 Å². The van der Waals surface area contributed by atoms with Gasteiger partial charge in [0.2, 0.25) is 0 Å². The minimum absolute atomic E-state index is 0.257. The molecule has 0 spiro atoms. The molecule has 130 valence electrons. The Hall–Kier alpha value is -2.13. The van der Waals surface area contributed by atoms with Crippen molar-refractivity contribution in [2.75, 3.05) is 11.8 Å². The van der Waals surface area contributed by atoms with Gasteiger partial charge in [-0.25, -0.2) is 13.6 Å². The highest BCUT2D eigenvalue weighted by molar-refractivity contribution is 5.68. The molecule has 0 heterocycles. The Labute approximate surface area is 132 Å². The SMILES string of the molecule is CC(COc1c(F)ccc(N(O)O)c1F)NC(=O)OC(C)(C)C. The van der Waals surface area contributed by atoms with Gasteiger partial charge in [-0.3, -0.25) is 10.4 Å². The van der Waals surface area contributed by atoms with Crippen LogP contribution in [0.4, 0.5) is 19.3 Å². The topological polar surface area (TPSA) is 91.3 Å². The molecule has 1 rings (SSSR count). The molecule has 1 aromatic rings. The Kier molecular flexibility index (Phi) is 6.11. The minimum Gasteiger partial charge on any atom is -0.485 e. The van der Waals surface area contributed by atoms with Gasteiger partial charge in [-0.2, -0.15) is 0 Å². The Morgan fingerprint density at radius 2 is 1.96 bits per heavy atom. The molecule has 0 saturated carbocycles. The second-order valence-corrected chi connectivity index (χ2v) is 5.86. The van der Waals surface area contributed by atoms with Gasteiger partial charge < -0.3 is 14.8 Å². The number of anilines is 1. The number of nitrogens with zero attached hydrogens (tertiary/aromatic N) is 1. The van der Waals surface area contributed by atoms with Crippen molar-refractivity contribution in [3.05, 3.63) is 23.8 Å². The number of carbonyl (C=O) groups is 1. The Balaban J connectivity index is 2.68. The number of hydrogen-bond acceptors (Lipinski definition) is 6. The molecule has 0 bridgehead atoms. The minimum atomic E-state index is -1.28. The largest absolute Gasteiger partial charge is 0.485 e. The smallest absolute Gasteiger partial charge is 0.407 e. The normalized spacial score (nSPS) is 12.5. The lowest BCUT2D eigenvalue weighted by molar-refractivity contribution is 0.0268. The number of rotatable bonds is 5. The molecule has 0 aromatic heterocycles. The van der Waals surface area contributed by atoms with Crippen LogP contribution in [-0.4, -0.2) is 34.8 Å². The van der Waals surface area contributed by atoms with Crippen LogP contribution >= 0.6 is 0 Å². The lowest BCUT2D eigenvalue weighted by Gasteiger charge is -2.22. The van der Waals surface area contributed by atoms with E-state index in [4.69, 9.17) is 19.9 Å². The van der Waals surface area contributed by atoms with Crippen molar-refractivity contribution >= 4 is 11.8 Å². The first-order chi connectivity index (χ1) is 10.5. The summed E-state index contributed by atoms with van der Waals surface area (Å²) in [6.07, 6.45) is -0.694. The molecule has 7 nitrogen and oxygen atoms in total. The summed E-state index contributed by atoms with van der Waals surface area (Å²) in [6.45, 7) is 6.37. The van der Waals surface area contributed by atoms with Crippen LogP contribution in [0.1, 0.15) is 27.7 Å². The number of amides is 1. The fourth-order valence-corrected chi connectivity index (χ4v) is 1.57. The zero-order valence-electron chi connectivity index (χ0n) is 13.3. The van der Waals surface area contributed by atoms with Gasteiger partial charge in [-0.05, 0) is 39.8 Å². The average molecular weight is 334 g/mol. The van der Waals surface area contributed by atoms with Crippen molar-refractivity contribution in [2.45, 2.75) is 39.3 Å². The molecular formula is C14H20F2N2O5. The van der Waals surface area contributed by atoms with E-state index in [0.29, 0.717) is 0 Å². The van der Waals surface area contributed by atoms with Gasteiger partial charge >= 0.3 is 6.09 Å². The van der Waals surface area contributed by atoms with E-state index in [2.05, 4.69) is 5.32 Å². The van der Waals surface area contributed by atoms with Crippen molar-refractivity contribution in [1.29, 1.82) is 0 Å². The first-order valence-corrected chi connectivity index (χ1v) is 6.79. The van der Waals surface area contributed by atoms with Crippen LogP contribution in [0.2, 0.25) is 0 Å². The fourth-order valence-electron chi connectivity index (χ4n) is 1.57. The lowest BCUT2D eigenvalue weighted by atomic mass is 10.2. The van der Waals surface area contributed by atoms with Crippen LogP contribution in [0.25, 0.3) is 0 Å². The van der Waals surface area contributed by atoms with Gasteiger partial charge in [-0.15, -0.1) is 5.23 Å². The summed E-state index contributed by atoms with van der Waals surface area (Å²) in [6, 6.07) is 1.05. The summed E-state index contributed by atoms with van der Waals surface area (Å²) in [5.41, 5.74) is -1.35. The van der Waals surface area contributed by atoms with E-state index in [1.54, 1.807) is 27.7 Å². The van der Waals surface area contributed by atoms with Gasteiger partial charge in [0.1, 0.15) is 17.9 Å². The summed E-state index contributed by atoms with van der Waals surface area (Å²) < 4.78 is 37.5. The van der Waals surface area contributed by atoms with E-state index < -0.39 is 46.0 Å². The highest BCUT2D eigenvalue weighted by Crippen LogP contribution is 2.29. The second-order valence-electron chi connectivity index (χ2n) is 5.86. The van der Waals surface area contributed by atoms with Gasteiger partial charge in [-0.1, -0.05) is 0 Å². The van der Waals surface area contributed by atoms with E-state index in [1.807, 2.05) is 0 Å². The molecule has 3 N–H and O–H groups in total. The maximum absolute atomic E-state index is 13.9. The predicted molar refractivity (Wildman–Crippen MR) is 76.7 cm³/mol. The van der Waals surface area contributed by atoms with E-state index in [-0.39, 0.29) is 6.61 Å². The van der Waals surface area contributed by atoms with Gasteiger partial charge in [0, 0.05) is 0 Å². The molecule has 0 aliphatic rings. The van der Waals surface area contributed by atoms with Crippen LogP contribution in [0, 0.1) is 11.6 Å². The number of nitrogens with one attached hydrogen (secondary N) is 1. The molecule has 0 aliphatic carbocycles. The van der Waals surface area contributed by atoms with Gasteiger partial charge in [0.05, 0.1) is 6.04 Å². The van der Waals surface area contributed by atoms with Crippen molar-refractivity contribution in [1.82, 2.24) is 5.32 Å². The van der Waals surface area contributed by atoms with E-state index in [0.717, 1.165) is 12.1 Å². The summed E-state index contributed by atoms with van der Waals surface area (Å²) in [4.78, 5) is 11.5. The third-order valence-corrected chi connectivity index (χ3v) is 2.48. The third-order valence-electron chi connectivity index (χ3n) is 2.48. The number of carbonyl (C=O) groups excluding carboxylic acids is 1. The Morgan fingerprint density at radius 1 is 1.35 bits per heavy atom. The molecule has 0 aliphatic heterocycles. The maximum atomic E-state index is 13.9. The maximum Gasteiger partial charge on any atom is 0.407 e. The van der Waals surface area contributed by atoms with Crippen molar-refractivity contribution in [2.24, 2.45) is 0 Å². The molecule has 1 unspecified atom stereocenters. The number of benzene rings is 1. The van der Waals surface area contributed by atoms with E-state index >= 15 is 0 Å². The third kappa shape index (κ3) is 5.87. The monoisotopic (exact) mass is 334 g/mol. The number of halogens is 2. The molecule has 1 aromatic carbocycles. The standard InChI is InChI=1S/C14H20F2N2O5/c1-8(17-13(19)23-14(2,3)4)7-22-12-9(15)5-6-10(11(12)16)18(20)21/h5-6,8,20-21H,7H2,1-4H3,(H,17,19). The molecule has 23 heavy (non-hydrogen) atoms. The molecule has 0 radical (unpaired) electrons. The summed E-state index contributed by atoms with van der Waals surface area (Å²) >= 11 is 0. The van der Waals surface area contributed by atoms with Crippen LogP contribution in [0.15, 0.2) is 12.1 Å². The summed E-state index contributed by atoms with van der Waals surface area (Å²) in [7, 11) is 0. The number of alkyl carbamates (subject to hydrolysis) is 1. The molecule has 0 fully saturated rings. The summed E-state index contributed by atoms with van der Waals surface area (Å²) in [5, 5.41) is 19.6. The highest BCUT2D eigenvalue weighted by atomic mass is 19.1. The molecule has 0 saturated heterocycles. The second kappa shape index (κ2) is 7.42. The van der Waals surface area contributed by atoms with Crippen LogP contribution in [0.3, 0.4) is 0 Å². The van der Waals surface area contributed by atoms with Crippen molar-refractivity contribution < 1.29 is 33.5 Å². The van der Waals surface area contributed by atoms with E-state index in [1.165, 1.54) is 0 Å². The highest BCUT2D eigenvalue weighted by Gasteiger charge is 2.21. The first-order valence-electron chi connectivity index (χ1n) is 6.79. The lowest BCUT2D eigenvalue weighted by Crippen LogP contribution is -2.40. The van der Waals surface area contributed by atoms with Crippen LogP contribution < -0.4 is 15.3 Å². The summed E-state index contributed by atoms with van der Waals surface area (Å²) in [5.74, 6) is -3.08. The average Bonchev–Trinajstić information content (AvgIpc) is 2.35. The van der Waals surface area contributed by atoms with Crippen LogP contribution in [-0.2, 0) is 4.74 Å². The quantitative estimate of drug-likeness (QED) is 0.717. The Bertz CT molecular complexity index is 561. The number of hydrogen-bond donors (Lipinski definition) is 3. The zero-order valence-corrected chi connectivity index (χ0v) is 13.3. The van der Waals surface area contributed by atoms with E-state index in [9.17, 15) is 13.6 Å². The molecule has 1 amide bonds. The van der Waals surface area contributed by atoms with Crippen molar-refractivity contribution in [3.63, 3.8) is 0 Å². The zero-order chi connectivity index (χ0) is 17.8. The molecule has 1 atom stereocenters. The Morgan fingerprint density at radius 3 is 2.48 bits per heavy atom. The fraction of sp³-hybridized carbons (Fsp3) is 0.500. The first kappa shape index (κ1) is 18.9. The molecule has 9 heteroatoms. The molecular weight excluding hydrogens is 314 g/mol.